The summed E-state index contributed by atoms with van der Waals surface area (Å²) in [6, 6.07) is 13.9. The second kappa shape index (κ2) is 11.4. The summed E-state index contributed by atoms with van der Waals surface area (Å²) < 4.78 is 12.5. The predicted octanol–water partition coefficient (Wildman–Crippen LogP) is 4.25. The van der Waals surface area contributed by atoms with Crippen LogP contribution in [0.2, 0.25) is 0 Å². The number of nitrogens with one attached hydrogen (secondary N) is 1. The first kappa shape index (κ1) is 23.4. The van der Waals surface area contributed by atoms with Crippen LogP contribution in [0.5, 0.6) is 11.5 Å². The Labute approximate surface area is 192 Å². The number of rotatable bonds is 10. The Bertz CT molecular complexity index is 1080. The molecule has 32 heavy (non-hydrogen) atoms. The van der Waals surface area contributed by atoms with E-state index in [-0.39, 0.29) is 5.91 Å². The summed E-state index contributed by atoms with van der Waals surface area (Å²) in [6.45, 7) is 5.16. The first-order valence-corrected chi connectivity index (χ1v) is 11.3. The molecule has 0 bridgehead atoms. The molecule has 3 rings (SSSR count). The van der Waals surface area contributed by atoms with E-state index in [2.05, 4.69) is 46.7 Å². The summed E-state index contributed by atoms with van der Waals surface area (Å²) in [5, 5.41) is 12.3. The summed E-state index contributed by atoms with van der Waals surface area (Å²) in [4.78, 5) is 12.3. The number of amides is 1. The van der Waals surface area contributed by atoms with Gasteiger partial charge in [-0.2, -0.15) is 0 Å². The average molecular weight is 453 g/mol. The standard InChI is InChI=1S/C24H28N4O3S/c1-5-28-22(26-27-24(28)32-16-19-8-6-17(2)7-9-19)15-25-23(29)13-11-18-10-12-20(30-3)21(14-18)31-4/h6-14H,5,15-16H2,1-4H3,(H,25,29)/b13-11+. The number of benzene rings is 2. The molecule has 0 saturated heterocycles. The van der Waals surface area contributed by atoms with Gasteiger partial charge in [-0.25, -0.2) is 0 Å². The minimum absolute atomic E-state index is 0.209. The molecule has 168 valence electrons. The molecule has 0 fully saturated rings. The Hall–Kier alpha value is -3.26. The molecule has 0 spiro atoms. The smallest absolute Gasteiger partial charge is 0.244 e. The molecule has 0 aliphatic heterocycles. The van der Waals surface area contributed by atoms with Crippen molar-refractivity contribution in [2.45, 2.75) is 37.8 Å². The fourth-order valence-corrected chi connectivity index (χ4v) is 4.04. The molecular weight excluding hydrogens is 424 g/mol. The quantitative estimate of drug-likeness (QED) is 0.366. The van der Waals surface area contributed by atoms with E-state index in [0.717, 1.165) is 28.8 Å². The third-order valence-electron chi connectivity index (χ3n) is 4.85. The maximum absolute atomic E-state index is 12.3. The van der Waals surface area contributed by atoms with Crippen LogP contribution in [0.15, 0.2) is 53.7 Å². The van der Waals surface area contributed by atoms with Gasteiger partial charge in [0.15, 0.2) is 22.5 Å². The largest absolute Gasteiger partial charge is 0.493 e. The maximum Gasteiger partial charge on any atom is 0.244 e. The molecule has 0 aliphatic rings. The Morgan fingerprint density at radius 1 is 1.09 bits per heavy atom. The topological polar surface area (TPSA) is 78.3 Å². The molecule has 3 aromatic rings. The van der Waals surface area contributed by atoms with E-state index in [1.165, 1.54) is 17.2 Å². The van der Waals surface area contributed by atoms with Gasteiger partial charge in [0.05, 0.1) is 20.8 Å². The van der Waals surface area contributed by atoms with Gasteiger partial charge in [0, 0.05) is 18.4 Å². The molecule has 0 aliphatic carbocycles. The second-order valence-electron chi connectivity index (χ2n) is 7.08. The Morgan fingerprint density at radius 3 is 2.53 bits per heavy atom. The monoisotopic (exact) mass is 452 g/mol. The first-order valence-electron chi connectivity index (χ1n) is 10.3. The van der Waals surface area contributed by atoms with E-state index in [4.69, 9.17) is 9.47 Å². The molecule has 0 atom stereocenters. The number of nitrogens with zero attached hydrogens (tertiary/aromatic N) is 3. The minimum atomic E-state index is -0.209. The Balaban J connectivity index is 1.57. The normalized spacial score (nSPS) is 11.0. The zero-order chi connectivity index (χ0) is 22.9. The number of carbonyl (C=O) groups excluding carboxylic acids is 1. The summed E-state index contributed by atoms with van der Waals surface area (Å²) in [6.07, 6.45) is 3.21. The van der Waals surface area contributed by atoms with Gasteiger partial charge < -0.3 is 19.4 Å². The molecule has 1 N–H and O–H groups in total. The first-order chi connectivity index (χ1) is 15.5. The van der Waals surface area contributed by atoms with Gasteiger partial charge in [-0.3, -0.25) is 4.79 Å². The molecule has 1 aromatic heterocycles. The molecule has 0 radical (unpaired) electrons. The van der Waals surface area contributed by atoms with Crippen molar-refractivity contribution >= 4 is 23.7 Å². The molecule has 0 saturated carbocycles. The number of ether oxygens (including phenoxy) is 2. The van der Waals surface area contributed by atoms with Crippen molar-refractivity contribution in [1.29, 1.82) is 0 Å². The third kappa shape index (κ3) is 6.13. The predicted molar refractivity (Wildman–Crippen MR) is 127 cm³/mol. The number of hydrogen-bond acceptors (Lipinski definition) is 6. The lowest BCUT2D eigenvalue weighted by Gasteiger charge is -2.08. The van der Waals surface area contributed by atoms with E-state index in [1.807, 2.05) is 23.6 Å². The van der Waals surface area contributed by atoms with Crippen LogP contribution in [-0.2, 0) is 23.6 Å². The molecule has 0 unspecified atom stereocenters. The van der Waals surface area contributed by atoms with Gasteiger partial charge in [0.25, 0.3) is 0 Å². The molecule has 7 nitrogen and oxygen atoms in total. The number of aromatic nitrogens is 3. The summed E-state index contributed by atoms with van der Waals surface area (Å²) >= 11 is 1.64. The minimum Gasteiger partial charge on any atom is -0.493 e. The summed E-state index contributed by atoms with van der Waals surface area (Å²) in [5.74, 6) is 2.59. The fourth-order valence-electron chi connectivity index (χ4n) is 3.06. The highest BCUT2D eigenvalue weighted by atomic mass is 32.2. The zero-order valence-electron chi connectivity index (χ0n) is 18.8. The van der Waals surface area contributed by atoms with E-state index in [9.17, 15) is 4.79 Å². The zero-order valence-corrected chi connectivity index (χ0v) is 19.6. The molecule has 8 heteroatoms. The fraction of sp³-hybridized carbons (Fsp3) is 0.292. The highest BCUT2D eigenvalue weighted by Gasteiger charge is 2.12. The lowest BCUT2D eigenvalue weighted by atomic mass is 10.2. The Morgan fingerprint density at radius 2 is 1.84 bits per heavy atom. The van der Waals surface area contributed by atoms with Crippen molar-refractivity contribution in [3.63, 3.8) is 0 Å². The van der Waals surface area contributed by atoms with Crippen LogP contribution in [0.4, 0.5) is 0 Å². The van der Waals surface area contributed by atoms with Crippen LogP contribution < -0.4 is 14.8 Å². The van der Waals surface area contributed by atoms with Gasteiger partial charge in [0.1, 0.15) is 0 Å². The molecular formula is C24H28N4O3S. The SMILES string of the molecule is CCn1c(CNC(=O)/C=C/c2ccc(OC)c(OC)c2)nnc1SCc1ccc(C)cc1. The lowest BCUT2D eigenvalue weighted by molar-refractivity contribution is -0.116. The van der Waals surface area contributed by atoms with Gasteiger partial charge in [-0.05, 0) is 43.2 Å². The number of aryl methyl sites for hydroxylation is 1. The van der Waals surface area contributed by atoms with Gasteiger partial charge in [-0.1, -0.05) is 47.7 Å². The highest BCUT2D eigenvalue weighted by Crippen LogP contribution is 2.28. The highest BCUT2D eigenvalue weighted by molar-refractivity contribution is 7.98. The van der Waals surface area contributed by atoms with Crippen LogP contribution in [0, 0.1) is 6.92 Å². The van der Waals surface area contributed by atoms with Crippen LogP contribution in [0.25, 0.3) is 6.08 Å². The van der Waals surface area contributed by atoms with Crippen LogP contribution >= 0.6 is 11.8 Å². The van der Waals surface area contributed by atoms with E-state index < -0.39 is 0 Å². The summed E-state index contributed by atoms with van der Waals surface area (Å²) in [7, 11) is 3.16. The van der Waals surface area contributed by atoms with Gasteiger partial charge in [-0.15, -0.1) is 10.2 Å². The lowest BCUT2D eigenvalue weighted by Crippen LogP contribution is -2.22. The number of thioether (sulfide) groups is 1. The van der Waals surface area contributed by atoms with E-state index >= 15 is 0 Å². The average Bonchev–Trinajstić information content (AvgIpc) is 3.22. The maximum atomic E-state index is 12.3. The van der Waals surface area contributed by atoms with Crippen molar-refractivity contribution in [3.05, 3.63) is 71.1 Å². The van der Waals surface area contributed by atoms with Crippen molar-refractivity contribution < 1.29 is 14.3 Å². The molecule has 1 amide bonds. The molecule has 2 aromatic carbocycles. The van der Waals surface area contributed by atoms with Crippen molar-refractivity contribution in [1.82, 2.24) is 20.1 Å². The number of methoxy groups -OCH3 is 2. The van der Waals surface area contributed by atoms with Gasteiger partial charge in [0.2, 0.25) is 5.91 Å². The van der Waals surface area contributed by atoms with Crippen LogP contribution in [0.3, 0.4) is 0 Å². The van der Waals surface area contributed by atoms with E-state index in [1.54, 1.807) is 38.1 Å². The second-order valence-corrected chi connectivity index (χ2v) is 8.03. The van der Waals surface area contributed by atoms with Crippen molar-refractivity contribution in [2.75, 3.05) is 14.2 Å². The Kier molecular flexibility index (Phi) is 8.33. The van der Waals surface area contributed by atoms with E-state index in [0.29, 0.717) is 18.0 Å². The van der Waals surface area contributed by atoms with Gasteiger partial charge >= 0.3 is 0 Å². The van der Waals surface area contributed by atoms with Crippen LogP contribution in [0.1, 0.15) is 29.4 Å². The molecule has 1 heterocycles. The summed E-state index contributed by atoms with van der Waals surface area (Å²) in [5.41, 5.74) is 3.32. The number of carbonyl (C=O) groups is 1. The van der Waals surface area contributed by atoms with Crippen LogP contribution in [-0.4, -0.2) is 34.9 Å². The number of hydrogen-bond donors (Lipinski definition) is 1. The van der Waals surface area contributed by atoms with Crippen molar-refractivity contribution in [3.8, 4) is 11.5 Å². The third-order valence-corrected chi connectivity index (χ3v) is 5.89. The van der Waals surface area contributed by atoms with Crippen molar-refractivity contribution in [2.24, 2.45) is 0 Å².